The topological polar surface area (TPSA) is 89.1 Å². The van der Waals surface area contributed by atoms with Gasteiger partial charge in [-0.25, -0.2) is 0 Å². The molecule has 0 bridgehead atoms. The molecule has 7 nitrogen and oxygen atoms in total. The summed E-state index contributed by atoms with van der Waals surface area (Å²) in [5.74, 6) is 0.895. The van der Waals surface area contributed by atoms with Crippen LogP contribution in [0.4, 0.5) is 0 Å². The summed E-state index contributed by atoms with van der Waals surface area (Å²) in [5.41, 5.74) is 0.800. The molecule has 106 valence electrons. The molecule has 2 rings (SSSR count). The molecule has 0 aromatic heterocycles. The van der Waals surface area contributed by atoms with Crippen LogP contribution in [0, 0.1) is 10.1 Å². The van der Waals surface area contributed by atoms with Crippen molar-refractivity contribution < 1.29 is 9.66 Å². The Balaban J connectivity index is 2.29. The largest absolute Gasteiger partial charge is 0.497 e. The van der Waals surface area contributed by atoms with Gasteiger partial charge in [0, 0.05) is 13.5 Å². The molecule has 0 saturated carbocycles. The van der Waals surface area contributed by atoms with Crippen LogP contribution in [-0.4, -0.2) is 23.5 Å². The Hall–Kier alpha value is -1.96. The van der Waals surface area contributed by atoms with Gasteiger partial charge >= 0.3 is 5.70 Å². The quantitative estimate of drug-likeness (QED) is 0.386. The van der Waals surface area contributed by atoms with Gasteiger partial charge in [0.05, 0.1) is 12.0 Å². The second-order valence-corrected chi connectivity index (χ2v) is 5.50. The molecule has 1 aromatic carbocycles. The summed E-state index contributed by atoms with van der Waals surface area (Å²) in [5, 5.41) is 21.7. The van der Waals surface area contributed by atoms with Crippen molar-refractivity contribution in [1.82, 2.24) is 5.32 Å². The van der Waals surface area contributed by atoms with Gasteiger partial charge in [-0.1, -0.05) is 12.1 Å². The van der Waals surface area contributed by atoms with Crippen LogP contribution < -0.4 is 10.1 Å². The van der Waals surface area contributed by atoms with Crippen LogP contribution in [0.25, 0.3) is 0 Å². The number of hydrogen-bond donors (Lipinski definition) is 1. The third-order valence-electron chi connectivity index (χ3n) is 2.91. The average Bonchev–Trinajstić information content (AvgIpc) is 2.76. The summed E-state index contributed by atoms with van der Waals surface area (Å²) in [4.78, 5) is 10.7. The van der Waals surface area contributed by atoms with E-state index in [0.29, 0.717) is 6.42 Å². The molecular formula is C12H13BrN4O3. The third kappa shape index (κ3) is 2.64. The van der Waals surface area contributed by atoms with Gasteiger partial charge in [0.15, 0.2) is 0 Å². The van der Waals surface area contributed by atoms with E-state index < -0.39 is 9.37 Å². The van der Waals surface area contributed by atoms with E-state index in [-0.39, 0.29) is 11.5 Å². The molecule has 8 heteroatoms. The smallest absolute Gasteiger partial charge is 0.330 e. The Morgan fingerprint density at radius 1 is 1.45 bits per heavy atom. The molecule has 1 heterocycles. The Labute approximate surface area is 124 Å². The predicted octanol–water partition coefficient (Wildman–Crippen LogP) is 2.46. The zero-order valence-corrected chi connectivity index (χ0v) is 12.5. The van der Waals surface area contributed by atoms with Gasteiger partial charge < -0.3 is 10.1 Å². The fourth-order valence-corrected chi connectivity index (χ4v) is 2.67. The molecule has 1 N–H and O–H groups in total. The maximum absolute atomic E-state index is 11.2. The van der Waals surface area contributed by atoms with E-state index in [1.807, 2.05) is 12.1 Å². The van der Waals surface area contributed by atoms with Gasteiger partial charge in [-0.15, -0.1) is 5.11 Å². The number of rotatable bonds is 5. The van der Waals surface area contributed by atoms with Gasteiger partial charge in [-0.05, 0) is 33.6 Å². The van der Waals surface area contributed by atoms with E-state index >= 15 is 0 Å². The number of hydrogen-bond acceptors (Lipinski definition) is 6. The first-order valence-corrected chi connectivity index (χ1v) is 6.61. The molecule has 0 fully saturated rings. The van der Waals surface area contributed by atoms with Gasteiger partial charge in [0.2, 0.25) is 10.3 Å². The van der Waals surface area contributed by atoms with E-state index in [4.69, 9.17) is 4.74 Å². The Kier molecular flexibility index (Phi) is 4.03. The first-order valence-electron chi connectivity index (χ1n) is 5.82. The Morgan fingerprint density at radius 3 is 2.60 bits per heavy atom. The van der Waals surface area contributed by atoms with Crippen LogP contribution in [0.3, 0.4) is 0 Å². The number of halogens is 1. The molecule has 0 spiro atoms. The van der Waals surface area contributed by atoms with Crippen molar-refractivity contribution in [2.45, 2.75) is 10.9 Å². The molecule has 20 heavy (non-hydrogen) atoms. The molecule has 0 aliphatic carbocycles. The summed E-state index contributed by atoms with van der Waals surface area (Å²) >= 11 is 3.34. The number of alkyl halides is 1. The SMILES string of the molecule is CNC1=C([N+](=O)[O-])C(Br)(Cc2ccc(OC)cc2)N=N1. The summed E-state index contributed by atoms with van der Waals surface area (Å²) in [6.07, 6.45) is 0.321. The predicted molar refractivity (Wildman–Crippen MR) is 76.3 cm³/mol. The van der Waals surface area contributed by atoms with E-state index in [2.05, 4.69) is 31.5 Å². The number of ether oxygens (including phenoxy) is 1. The highest BCUT2D eigenvalue weighted by molar-refractivity contribution is 9.10. The normalized spacial score (nSPS) is 21.1. The molecule has 0 radical (unpaired) electrons. The average molecular weight is 341 g/mol. The summed E-state index contributed by atoms with van der Waals surface area (Å²) in [7, 11) is 3.16. The molecular weight excluding hydrogens is 328 g/mol. The number of nitrogens with one attached hydrogen (secondary N) is 1. The molecule has 1 unspecified atom stereocenters. The van der Waals surface area contributed by atoms with Crippen LogP contribution in [0.15, 0.2) is 46.0 Å². The summed E-state index contributed by atoms with van der Waals surface area (Å²) < 4.78 is 3.93. The first kappa shape index (κ1) is 14.4. The lowest BCUT2D eigenvalue weighted by molar-refractivity contribution is -0.431. The van der Waals surface area contributed by atoms with Crippen molar-refractivity contribution in [3.63, 3.8) is 0 Å². The third-order valence-corrected chi connectivity index (χ3v) is 3.73. The van der Waals surface area contributed by atoms with Crippen molar-refractivity contribution in [2.75, 3.05) is 14.2 Å². The molecule has 0 amide bonds. The summed E-state index contributed by atoms with van der Waals surface area (Å²) in [6.45, 7) is 0. The van der Waals surface area contributed by atoms with E-state index in [0.717, 1.165) is 11.3 Å². The Bertz CT molecular complexity index is 585. The van der Waals surface area contributed by atoms with Crippen molar-refractivity contribution in [1.29, 1.82) is 0 Å². The van der Waals surface area contributed by atoms with Gasteiger partial charge in [0.25, 0.3) is 0 Å². The van der Waals surface area contributed by atoms with Gasteiger partial charge in [0.1, 0.15) is 5.75 Å². The van der Waals surface area contributed by atoms with Crippen LogP contribution in [-0.2, 0) is 6.42 Å². The second kappa shape index (κ2) is 5.58. The van der Waals surface area contributed by atoms with E-state index in [1.54, 1.807) is 26.3 Å². The van der Waals surface area contributed by atoms with E-state index in [1.165, 1.54) is 0 Å². The lowest BCUT2D eigenvalue weighted by Gasteiger charge is -2.15. The number of azo groups is 1. The standard InChI is InChI=1S/C12H13BrN4O3/c1-14-11-10(17(18)19)12(13,16-15-11)7-8-3-5-9(20-2)6-4-8/h3-6,14H,7H2,1-2H3. The number of benzene rings is 1. The number of nitro groups is 1. The second-order valence-electron chi connectivity index (χ2n) is 4.19. The highest BCUT2D eigenvalue weighted by Gasteiger charge is 2.48. The van der Waals surface area contributed by atoms with Gasteiger partial charge in [-0.3, -0.25) is 10.1 Å². The monoisotopic (exact) mass is 340 g/mol. The minimum atomic E-state index is -1.15. The van der Waals surface area contributed by atoms with Crippen molar-refractivity contribution in [2.24, 2.45) is 10.2 Å². The lowest BCUT2D eigenvalue weighted by Crippen LogP contribution is -2.28. The zero-order valence-electron chi connectivity index (χ0n) is 11.0. The molecule has 1 atom stereocenters. The van der Waals surface area contributed by atoms with Crippen molar-refractivity contribution in [3.05, 3.63) is 51.5 Å². The maximum Gasteiger partial charge on any atom is 0.330 e. The lowest BCUT2D eigenvalue weighted by atomic mass is 10.0. The molecule has 0 saturated heterocycles. The minimum Gasteiger partial charge on any atom is -0.497 e. The number of nitrogens with zero attached hydrogens (tertiary/aromatic N) is 3. The number of methoxy groups -OCH3 is 1. The van der Waals surface area contributed by atoms with Crippen LogP contribution in [0.5, 0.6) is 5.75 Å². The molecule has 1 aliphatic heterocycles. The minimum absolute atomic E-state index is 0.0872. The summed E-state index contributed by atoms with van der Waals surface area (Å²) in [6, 6.07) is 7.28. The zero-order chi connectivity index (χ0) is 14.8. The Morgan fingerprint density at radius 2 is 2.10 bits per heavy atom. The van der Waals surface area contributed by atoms with Crippen LogP contribution >= 0.6 is 15.9 Å². The molecule has 1 aliphatic rings. The van der Waals surface area contributed by atoms with Gasteiger partial charge in [-0.2, -0.15) is 5.11 Å². The first-order chi connectivity index (χ1) is 9.50. The molecule has 1 aromatic rings. The van der Waals surface area contributed by atoms with Crippen LogP contribution in [0.1, 0.15) is 5.56 Å². The fraction of sp³-hybridized carbons (Fsp3) is 0.333. The van der Waals surface area contributed by atoms with E-state index in [9.17, 15) is 10.1 Å². The maximum atomic E-state index is 11.2. The highest BCUT2D eigenvalue weighted by Crippen LogP contribution is 2.40. The van der Waals surface area contributed by atoms with Crippen molar-refractivity contribution >= 4 is 15.9 Å². The van der Waals surface area contributed by atoms with Crippen LogP contribution in [0.2, 0.25) is 0 Å². The highest BCUT2D eigenvalue weighted by atomic mass is 79.9. The van der Waals surface area contributed by atoms with Crippen molar-refractivity contribution in [3.8, 4) is 5.75 Å². The fourth-order valence-electron chi connectivity index (χ4n) is 1.93.